The first kappa shape index (κ1) is 15.0. The summed E-state index contributed by atoms with van der Waals surface area (Å²) in [5, 5.41) is 5.80. The van der Waals surface area contributed by atoms with E-state index in [0.717, 1.165) is 36.9 Å². The summed E-state index contributed by atoms with van der Waals surface area (Å²) in [6, 6.07) is 5.43. The Morgan fingerprint density at radius 1 is 1.23 bits per heavy atom. The van der Waals surface area contributed by atoms with Crippen LogP contribution in [0.5, 0.6) is 0 Å². The first-order chi connectivity index (χ1) is 10.6. The predicted molar refractivity (Wildman–Crippen MR) is 85.7 cm³/mol. The maximum absolute atomic E-state index is 12.3. The summed E-state index contributed by atoms with van der Waals surface area (Å²) < 4.78 is 0. The lowest BCUT2D eigenvalue weighted by molar-refractivity contribution is -0.116. The number of rotatable bonds is 3. The van der Waals surface area contributed by atoms with Gasteiger partial charge in [-0.25, -0.2) is 0 Å². The second-order valence-corrected chi connectivity index (χ2v) is 6.53. The van der Waals surface area contributed by atoms with Crippen molar-refractivity contribution in [3.63, 3.8) is 0 Å². The first-order valence-electron chi connectivity index (χ1n) is 8.06. The van der Waals surface area contributed by atoms with Gasteiger partial charge in [0.25, 0.3) is 5.91 Å². The summed E-state index contributed by atoms with van der Waals surface area (Å²) in [4.78, 5) is 23.7. The van der Waals surface area contributed by atoms with Gasteiger partial charge in [0.1, 0.15) is 0 Å². The zero-order valence-corrected chi connectivity index (χ0v) is 12.8. The molecule has 3 rings (SSSR count). The molecule has 0 atom stereocenters. The van der Waals surface area contributed by atoms with Gasteiger partial charge in [-0.15, -0.1) is 0 Å². The number of aryl methyl sites for hydroxylation is 1. The molecule has 2 aliphatic rings. The van der Waals surface area contributed by atoms with Crippen LogP contribution in [-0.4, -0.2) is 23.9 Å². The van der Waals surface area contributed by atoms with Crippen LogP contribution >= 0.6 is 0 Å². The Kier molecular flexibility index (Phi) is 4.16. The number of hydrogen-bond donors (Lipinski definition) is 3. The van der Waals surface area contributed by atoms with Gasteiger partial charge in [-0.1, -0.05) is 19.3 Å². The molecule has 0 bridgehead atoms. The number of hydrogen-bond acceptors (Lipinski definition) is 3. The van der Waals surface area contributed by atoms with Gasteiger partial charge in [-0.05, 0) is 43.0 Å². The van der Waals surface area contributed by atoms with E-state index in [-0.39, 0.29) is 17.4 Å². The Bertz CT molecular complexity index is 592. The van der Waals surface area contributed by atoms with Gasteiger partial charge in [0.2, 0.25) is 5.91 Å². The normalized spacial score (nSPS) is 20.0. The molecule has 0 saturated heterocycles. The molecule has 0 aromatic heterocycles. The molecule has 118 valence electrons. The van der Waals surface area contributed by atoms with Crippen LogP contribution in [0.1, 0.15) is 54.4 Å². The van der Waals surface area contributed by atoms with Gasteiger partial charge < -0.3 is 16.4 Å². The quantitative estimate of drug-likeness (QED) is 0.798. The second-order valence-electron chi connectivity index (χ2n) is 6.53. The van der Waals surface area contributed by atoms with Gasteiger partial charge in [0.15, 0.2) is 0 Å². The molecule has 4 N–H and O–H groups in total. The molecule has 1 heterocycles. The molecular weight excluding hydrogens is 278 g/mol. The third-order valence-electron chi connectivity index (χ3n) is 4.71. The van der Waals surface area contributed by atoms with Crippen LogP contribution < -0.4 is 16.4 Å². The fourth-order valence-corrected chi connectivity index (χ4v) is 3.32. The van der Waals surface area contributed by atoms with Crippen molar-refractivity contribution in [1.82, 2.24) is 5.32 Å². The summed E-state index contributed by atoms with van der Waals surface area (Å²) >= 11 is 0. The molecular formula is C17H23N3O2. The smallest absolute Gasteiger partial charge is 0.251 e. The maximum Gasteiger partial charge on any atom is 0.251 e. The van der Waals surface area contributed by atoms with E-state index < -0.39 is 0 Å². The molecule has 1 fully saturated rings. The lowest BCUT2D eigenvalue weighted by Gasteiger charge is -2.33. The Balaban J connectivity index is 1.64. The molecule has 1 aliphatic heterocycles. The molecule has 0 unspecified atom stereocenters. The van der Waals surface area contributed by atoms with Crippen molar-refractivity contribution in [3.05, 3.63) is 29.3 Å². The Hall–Kier alpha value is -1.88. The summed E-state index contributed by atoms with van der Waals surface area (Å²) in [5.41, 5.74) is 8.56. The molecule has 1 saturated carbocycles. The highest BCUT2D eigenvalue weighted by Crippen LogP contribution is 2.26. The largest absolute Gasteiger partial charge is 0.350 e. The molecule has 1 aromatic carbocycles. The topological polar surface area (TPSA) is 84.2 Å². The number of amides is 2. The van der Waals surface area contributed by atoms with E-state index in [4.69, 9.17) is 5.73 Å². The summed E-state index contributed by atoms with van der Waals surface area (Å²) in [7, 11) is 0. The van der Waals surface area contributed by atoms with Crippen LogP contribution in [0.4, 0.5) is 5.69 Å². The van der Waals surface area contributed by atoms with E-state index in [0.29, 0.717) is 24.9 Å². The molecule has 2 amide bonds. The van der Waals surface area contributed by atoms with Crippen molar-refractivity contribution in [2.75, 3.05) is 11.9 Å². The van der Waals surface area contributed by atoms with Crippen LogP contribution in [0, 0.1) is 0 Å². The van der Waals surface area contributed by atoms with Crippen molar-refractivity contribution in [2.24, 2.45) is 5.73 Å². The Morgan fingerprint density at radius 3 is 2.77 bits per heavy atom. The fourth-order valence-electron chi connectivity index (χ4n) is 3.32. The second kappa shape index (κ2) is 6.08. The third kappa shape index (κ3) is 3.30. The number of nitrogens with two attached hydrogens (primary N) is 1. The van der Waals surface area contributed by atoms with Gasteiger partial charge in [-0.3, -0.25) is 9.59 Å². The minimum Gasteiger partial charge on any atom is -0.350 e. The van der Waals surface area contributed by atoms with E-state index in [1.54, 1.807) is 12.1 Å². The maximum atomic E-state index is 12.3. The Labute approximate surface area is 130 Å². The minimum absolute atomic E-state index is 0.0343. The van der Waals surface area contributed by atoms with Gasteiger partial charge >= 0.3 is 0 Å². The number of benzene rings is 1. The monoisotopic (exact) mass is 301 g/mol. The van der Waals surface area contributed by atoms with Crippen LogP contribution in [0.3, 0.4) is 0 Å². The zero-order chi connectivity index (χ0) is 15.6. The highest BCUT2D eigenvalue weighted by molar-refractivity contribution is 5.97. The van der Waals surface area contributed by atoms with Crippen molar-refractivity contribution in [2.45, 2.75) is 50.5 Å². The minimum atomic E-state index is -0.254. The average Bonchev–Trinajstić information content (AvgIpc) is 2.53. The van der Waals surface area contributed by atoms with Gasteiger partial charge in [0, 0.05) is 29.8 Å². The van der Waals surface area contributed by atoms with Crippen molar-refractivity contribution in [3.8, 4) is 0 Å². The summed E-state index contributed by atoms with van der Waals surface area (Å²) in [5.74, 6) is -0.0535. The van der Waals surface area contributed by atoms with Crippen molar-refractivity contribution < 1.29 is 9.59 Å². The highest BCUT2D eigenvalue weighted by atomic mass is 16.2. The van der Waals surface area contributed by atoms with E-state index in [1.165, 1.54) is 6.42 Å². The van der Waals surface area contributed by atoms with Crippen LogP contribution in [0.25, 0.3) is 0 Å². The van der Waals surface area contributed by atoms with Gasteiger partial charge in [-0.2, -0.15) is 0 Å². The number of carbonyl (C=O) groups is 2. The SMILES string of the molecule is NC1(CNC(=O)c2ccc3c(c2)CCC(=O)N3)CCCCC1. The average molecular weight is 301 g/mol. The molecule has 22 heavy (non-hydrogen) atoms. The van der Waals surface area contributed by atoms with Crippen LogP contribution in [0.2, 0.25) is 0 Å². The number of fused-ring (bicyclic) bond motifs is 1. The van der Waals surface area contributed by atoms with Gasteiger partial charge in [0.05, 0.1) is 0 Å². The molecule has 0 radical (unpaired) electrons. The first-order valence-corrected chi connectivity index (χ1v) is 8.06. The van der Waals surface area contributed by atoms with Crippen molar-refractivity contribution >= 4 is 17.5 Å². The molecule has 1 aromatic rings. The number of nitrogens with one attached hydrogen (secondary N) is 2. The number of carbonyl (C=O) groups excluding carboxylic acids is 2. The lowest BCUT2D eigenvalue weighted by Crippen LogP contribution is -2.51. The molecule has 1 aliphatic carbocycles. The molecule has 5 nitrogen and oxygen atoms in total. The van der Waals surface area contributed by atoms with E-state index >= 15 is 0 Å². The van der Waals surface area contributed by atoms with Crippen LogP contribution in [0.15, 0.2) is 18.2 Å². The highest BCUT2D eigenvalue weighted by Gasteiger charge is 2.28. The van der Waals surface area contributed by atoms with E-state index in [2.05, 4.69) is 10.6 Å². The predicted octanol–water partition coefficient (Wildman–Crippen LogP) is 1.96. The fraction of sp³-hybridized carbons (Fsp3) is 0.529. The van der Waals surface area contributed by atoms with E-state index in [1.807, 2.05) is 6.07 Å². The van der Waals surface area contributed by atoms with Crippen LogP contribution in [-0.2, 0) is 11.2 Å². The van der Waals surface area contributed by atoms with E-state index in [9.17, 15) is 9.59 Å². The third-order valence-corrected chi connectivity index (χ3v) is 4.71. The Morgan fingerprint density at radius 2 is 2.00 bits per heavy atom. The standard InChI is InChI=1S/C17H23N3O2/c18-17(8-2-1-3-9-17)11-19-16(22)13-4-6-14-12(10-13)5-7-15(21)20-14/h4,6,10H,1-3,5,7-9,11,18H2,(H,19,22)(H,20,21). The molecule has 0 spiro atoms. The molecule has 5 heteroatoms. The summed E-state index contributed by atoms with van der Waals surface area (Å²) in [6.07, 6.45) is 6.64. The zero-order valence-electron chi connectivity index (χ0n) is 12.8. The number of anilines is 1. The van der Waals surface area contributed by atoms with Crippen molar-refractivity contribution in [1.29, 1.82) is 0 Å². The lowest BCUT2D eigenvalue weighted by atomic mass is 9.82. The summed E-state index contributed by atoms with van der Waals surface area (Å²) in [6.45, 7) is 0.527.